The van der Waals surface area contributed by atoms with Crippen LogP contribution in [0.4, 0.5) is 21.9 Å². The quantitative estimate of drug-likeness (QED) is 0.172. The third-order valence-corrected chi connectivity index (χ3v) is 10.5. The van der Waals surface area contributed by atoms with Crippen LogP contribution in [0, 0.1) is 0 Å². The molecule has 5 heterocycles. The lowest BCUT2D eigenvalue weighted by atomic mass is 9.95. The largest absolute Gasteiger partial charge is 0.507 e. The number of carbonyl (C=O) groups excluding carboxylic acids is 3. The number of carbonyl (C=O) groups is 3. The number of rotatable bonds is 3. The molecule has 4 amide bonds. The second-order valence-corrected chi connectivity index (χ2v) is 12.8. The molecule has 0 bridgehead atoms. The second-order valence-electron chi connectivity index (χ2n) is 12.5. The number of aromatic amines is 2. The molecule has 0 saturated carbocycles. The van der Waals surface area contributed by atoms with Crippen LogP contribution in [0.3, 0.4) is 0 Å². The molecule has 10 nitrogen and oxygen atoms in total. The van der Waals surface area contributed by atoms with E-state index in [1.54, 1.807) is 20.8 Å². The lowest BCUT2D eigenvalue weighted by Crippen LogP contribution is -2.33. The number of fused-ring (bicyclic) bond motifs is 9. The predicted molar refractivity (Wildman–Crippen MR) is 183 cm³/mol. The van der Waals surface area contributed by atoms with Gasteiger partial charge >= 0.3 is 6.03 Å². The molecule has 3 aliphatic rings. The van der Waals surface area contributed by atoms with Crippen LogP contribution in [-0.4, -0.2) is 58.4 Å². The first-order chi connectivity index (χ1) is 22.8. The molecule has 0 unspecified atom stereocenters. The minimum atomic E-state index is -0.484. The first-order valence-electron chi connectivity index (χ1n) is 15.6. The number of urea groups is 1. The van der Waals surface area contributed by atoms with Gasteiger partial charge in [-0.2, -0.15) is 0 Å². The number of amides is 4. The molecule has 2 aromatic heterocycles. The maximum absolute atomic E-state index is 14.0. The van der Waals surface area contributed by atoms with Crippen LogP contribution < -0.4 is 20.4 Å². The normalized spacial score (nSPS) is 16.8. The fourth-order valence-corrected chi connectivity index (χ4v) is 8.18. The minimum absolute atomic E-state index is 0.0675. The first kappa shape index (κ1) is 27.8. The number of hydrogen-bond donors (Lipinski definition) is 4. The summed E-state index contributed by atoms with van der Waals surface area (Å²) in [5.41, 5.74) is 13.4. The van der Waals surface area contributed by atoms with Gasteiger partial charge in [-0.1, -0.05) is 24.3 Å². The number of nitrogens with one attached hydrogen (secondary N) is 2. The molecular weight excluding hydrogens is 616 g/mol. The summed E-state index contributed by atoms with van der Waals surface area (Å²) in [4.78, 5) is 51.4. The molecule has 0 aliphatic carbocycles. The number of aromatic hydroxyl groups is 1. The van der Waals surface area contributed by atoms with Gasteiger partial charge in [0.1, 0.15) is 17.1 Å². The average molecular weight is 645 g/mol. The molecule has 4 aromatic carbocycles. The zero-order chi connectivity index (χ0) is 32.1. The molecule has 9 rings (SSSR count). The fraction of sp³-hybridized carbons (Fsp3) is 0.194. The van der Waals surface area contributed by atoms with Gasteiger partial charge in [-0.05, 0) is 71.3 Å². The van der Waals surface area contributed by atoms with Crippen molar-refractivity contribution in [2.75, 3.05) is 40.2 Å². The lowest BCUT2D eigenvalue weighted by Gasteiger charge is -2.17. The summed E-state index contributed by atoms with van der Waals surface area (Å²) in [6.07, 6.45) is 1.32. The lowest BCUT2D eigenvalue weighted by molar-refractivity contribution is 0.0977. The molecule has 5 N–H and O–H groups in total. The van der Waals surface area contributed by atoms with Crippen molar-refractivity contribution < 1.29 is 19.5 Å². The van der Waals surface area contributed by atoms with Crippen LogP contribution >= 0.6 is 11.6 Å². The van der Waals surface area contributed by atoms with Gasteiger partial charge in [-0.3, -0.25) is 14.5 Å². The van der Waals surface area contributed by atoms with Crippen LogP contribution in [-0.2, 0) is 12.8 Å². The van der Waals surface area contributed by atoms with Crippen LogP contribution in [0.25, 0.3) is 32.6 Å². The van der Waals surface area contributed by atoms with E-state index in [2.05, 4.69) is 9.97 Å². The zero-order valence-electron chi connectivity index (χ0n) is 25.1. The Morgan fingerprint density at radius 2 is 1.32 bits per heavy atom. The number of alkyl halides is 1. The summed E-state index contributed by atoms with van der Waals surface area (Å²) in [6, 6.07) is 20.1. The van der Waals surface area contributed by atoms with Gasteiger partial charge in [0.2, 0.25) is 0 Å². The molecule has 0 fully saturated rings. The SMILES string of the molecule is NC(=O)N1CCc2c1ccc1[nH]c(C(=O)N3CCc4c3ccc3[nH]c(C(=O)N5C[C@@H](CCl)c6c5cc(O)c5ccccc65)cc43)cc21. The highest BCUT2D eigenvalue weighted by Gasteiger charge is 2.36. The van der Waals surface area contributed by atoms with Gasteiger partial charge in [0.15, 0.2) is 0 Å². The Morgan fingerprint density at radius 3 is 1.94 bits per heavy atom. The van der Waals surface area contributed by atoms with Crippen molar-refractivity contribution in [2.24, 2.45) is 5.73 Å². The Bertz CT molecular complexity index is 2360. The van der Waals surface area contributed by atoms with E-state index in [4.69, 9.17) is 17.3 Å². The Hall–Kier alpha value is -5.48. The Morgan fingerprint density at radius 1 is 0.745 bits per heavy atom. The van der Waals surface area contributed by atoms with Crippen molar-refractivity contribution in [2.45, 2.75) is 18.8 Å². The van der Waals surface area contributed by atoms with Crippen molar-refractivity contribution in [3.63, 3.8) is 0 Å². The molecule has 234 valence electrons. The number of nitrogens with two attached hydrogens (primary N) is 1. The van der Waals surface area contributed by atoms with Crippen molar-refractivity contribution in [3.8, 4) is 5.75 Å². The highest BCUT2D eigenvalue weighted by molar-refractivity contribution is 6.19. The predicted octanol–water partition coefficient (Wildman–Crippen LogP) is 6.13. The van der Waals surface area contributed by atoms with Crippen LogP contribution in [0.2, 0.25) is 0 Å². The number of hydrogen-bond acceptors (Lipinski definition) is 4. The highest BCUT2D eigenvalue weighted by atomic mass is 35.5. The molecule has 6 aromatic rings. The summed E-state index contributed by atoms with van der Waals surface area (Å²) in [6.45, 7) is 1.44. The number of anilines is 3. The van der Waals surface area contributed by atoms with Gasteiger partial charge in [0.25, 0.3) is 11.8 Å². The number of phenolic OH excluding ortho intramolecular Hbond substituents is 1. The first-order valence-corrected chi connectivity index (χ1v) is 16.2. The van der Waals surface area contributed by atoms with Crippen LogP contribution in [0.1, 0.15) is 43.6 Å². The van der Waals surface area contributed by atoms with E-state index in [0.29, 0.717) is 55.4 Å². The van der Waals surface area contributed by atoms with Crippen molar-refractivity contribution in [3.05, 3.63) is 94.8 Å². The number of H-pyrrole nitrogens is 2. The second kappa shape index (κ2) is 10.0. The van der Waals surface area contributed by atoms with E-state index in [1.165, 1.54) is 0 Å². The molecular formula is C36H29ClN6O4. The van der Waals surface area contributed by atoms with Gasteiger partial charge in [-0.25, -0.2) is 4.79 Å². The monoisotopic (exact) mass is 644 g/mol. The summed E-state index contributed by atoms with van der Waals surface area (Å²) >= 11 is 6.41. The number of phenols is 1. The number of primary amides is 1. The Balaban J connectivity index is 1.04. The summed E-state index contributed by atoms with van der Waals surface area (Å²) in [5, 5.41) is 14.3. The van der Waals surface area contributed by atoms with Crippen LogP contribution in [0.15, 0.2) is 66.7 Å². The summed E-state index contributed by atoms with van der Waals surface area (Å²) in [5.74, 6) is 0.0587. The molecule has 0 saturated heterocycles. The van der Waals surface area contributed by atoms with Crippen molar-refractivity contribution in [1.29, 1.82) is 0 Å². The molecule has 11 heteroatoms. The zero-order valence-corrected chi connectivity index (χ0v) is 25.9. The topological polar surface area (TPSA) is 139 Å². The Kier molecular flexibility index (Phi) is 5.92. The van der Waals surface area contributed by atoms with Gasteiger partial charge in [0, 0.05) is 76.1 Å². The Labute approximate surface area is 273 Å². The summed E-state index contributed by atoms with van der Waals surface area (Å²) < 4.78 is 0. The molecule has 3 aliphatic heterocycles. The number of aromatic nitrogens is 2. The van der Waals surface area contributed by atoms with Gasteiger partial charge in [0.05, 0.1) is 5.69 Å². The third-order valence-electron chi connectivity index (χ3n) is 10.1. The van der Waals surface area contributed by atoms with Crippen LogP contribution in [0.5, 0.6) is 5.75 Å². The fourth-order valence-electron chi connectivity index (χ4n) is 7.93. The van der Waals surface area contributed by atoms with Gasteiger partial charge < -0.3 is 30.6 Å². The van der Waals surface area contributed by atoms with Crippen molar-refractivity contribution >= 4 is 79.1 Å². The smallest absolute Gasteiger partial charge is 0.319 e. The molecule has 0 radical (unpaired) electrons. The maximum Gasteiger partial charge on any atom is 0.319 e. The van der Waals surface area contributed by atoms with E-state index in [-0.39, 0.29) is 23.5 Å². The molecule has 0 spiro atoms. The minimum Gasteiger partial charge on any atom is -0.507 e. The van der Waals surface area contributed by atoms with E-state index < -0.39 is 6.03 Å². The van der Waals surface area contributed by atoms with Crippen molar-refractivity contribution in [1.82, 2.24) is 9.97 Å². The van der Waals surface area contributed by atoms with Gasteiger partial charge in [-0.15, -0.1) is 11.6 Å². The summed E-state index contributed by atoms with van der Waals surface area (Å²) in [7, 11) is 0. The standard InChI is InChI=1S/C36H29ClN6O4/c37-16-18-17-43(31-15-32(44)21-3-1-2-4-22(21)33(18)31)35(46)28-14-23-19-9-11-41(29(19)7-5-25(23)40-28)34(45)27-13-24-20-10-12-42(36(38)47)30(20)8-6-26(24)39-27/h1-8,13-15,18,39-40,44H,9-12,16-17H2,(H2,38,47)/t18-/m1/s1. The number of benzene rings is 4. The number of nitrogens with zero attached hydrogens (tertiary/aromatic N) is 3. The van der Waals surface area contributed by atoms with E-state index in [1.807, 2.05) is 60.7 Å². The average Bonchev–Trinajstić information content (AvgIpc) is 3.90. The van der Waals surface area contributed by atoms with E-state index in [9.17, 15) is 19.5 Å². The highest BCUT2D eigenvalue weighted by Crippen LogP contribution is 2.46. The maximum atomic E-state index is 14.0. The molecule has 1 atom stereocenters. The van der Waals surface area contributed by atoms with E-state index >= 15 is 0 Å². The molecule has 47 heavy (non-hydrogen) atoms. The third kappa shape index (κ3) is 3.94. The van der Waals surface area contributed by atoms with E-state index in [0.717, 1.165) is 60.6 Å². The number of halogens is 1.